The van der Waals surface area contributed by atoms with Crippen LogP contribution in [-0.2, 0) is 6.54 Å². The zero-order valence-electron chi connectivity index (χ0n) is 12.1. The number of aryl methyl sites for hydroxylation is 1. The predicted molar refractivity (Wildman–Crippen MR) is 82.1 cm³/mol. The zero-order valence-corrected chi connectivity index (χ0v) is 12.1. The number of hydrogen-bond donors (Lipinski definition) is 2. The molecule has 0 spiro atoms. The van der Waals surface area contributed by atoms with Gasteiger partial charge in [0.1, 0.15) is 0 Å². The molecule has 1 heterocycles. The van der Waals surface area contributed by atoms with Gasteiger partial charge in [0.2, 0.25) is 0 Å². The molecular weight excluding hydrogens is 266 g/mol. The first-order chi connectivity index (χ1) is 9.52. The molecule has 0 saturated heterocycles. The van der Waals surface area contributed by atoms with E-state index >= 15 is 0 Å². The van der Waals surface area contributed by atoms with Gasteiger partial charge in [-0.2, -0.15) is 5.10 Å². The van der Waals surface area contributed by atoms with Crippen LogP contribution < -0.4 is 5.32 Å². The van der Waals surface area contributed by atoms with E-state index in [1.54, 1.807) is 0 Å². The fourth-order valence-electron chi connectivity index (χ4n) is 3.37. The Hall–Kier alpha value is -1.62. The molecule has 1 aromatic heterocycles. The molecule has 1 saturated carbocycles. The van der Waals surface area contributed by atoms with Gasteiger partial charge >= 0.3 is 0 Å². The number of carbonyl (C=O) groups excluding carboxylic acids is 1. The summed E-state index contributed by atoms with van der Waals surface area (Å²) in [7, 11) is 0. The molecule has 3 rings (SSSR count). The van der Waals surface area contributed by atoms with Gasteiger partial charge in [0.25, 0.3) is 5.91 Å². The highest BCUT2D eigenvalue weighted by molar-refractivity contribution is 5.94. The monoisotopic (exact) mass is 291 g/mol. The number of nitrogens with zero attached hydrogens (tertiary/aromatic N) is 2. The third-order valence-corrected chi connectivity index (χ3v) is 4.74. The van der Waals surface area contributed by atoms with E-state index in [0.717, 1.165) is 24.2 Å². The van der Waals surface area contributed by atoms with Crippen LogP contribution in [0.1, 0.15) is 42.5 Å². The zero-order chi connectivity index (χ0) is 14.4. The van der Waals surface area contributed by atoms with E-state index in [1.165, 1.54) is 0 Å². The van der Waals surface area contributed by atoms with Gasteiger partial charge in [-0.15, -0.1) is 0 Å². The highest BCUT2D eigenvalue weighted by Crippen LogP contribution is 2.39. The van der Waals surface area contributed by atoms with E-state index in [9.17, 15) is 9.90 Å². The van der Waals surface area contributed by atoms with E-state index < -0.39 is 6.10 Å². The lowest BCUT2D eigenvalue weighted by Gasteiger charge is -2.24. The summed E-state index contributed by atoms with van der Waals surface area (Å²) in [6, 6.07) is -0.177. The molecule has 1 aromatic rings. The van der Waals surface area contributed by atoms with Crippen molar-refractivity contribution in [2.75, 3.05) is 0 Å². The van der Waals surface area contributed by atoms with Gasteiger partial charge in [-0.25, -0.2) is 0 Å². The van der Waals surface area contributed by atoms with Gasteiger partial charge in [-0.1, -0.05) is 19.6 Å². The van der Waals surface area contributed by atoms with Crippen molar-refractivity contribution in [2.45, 2.75) is 53.3 Å². The van der Waals surface area contributed by atoms with E-state index in [4.69, 9.17) is 0 Å². The Bertz CT molecular complexity index is 576. The van der Waals surface area contributed by atoms with Crippen LogP contribution in [0.3, 0.4) is 0 Å². The molecule has 1 fully saturated rings. The number of aliphatic hydroxyl groups excluding tert-OH is 1. The Balaban J connectivity index is 0.00000161. The van der Waals surface area contributed by atoms with Crippen molar-refractivity contribution in [3.05, 3.63) is 29.1 Å². The minimum atomic E-state index is -0.469. The maximum absolute atomic E-state index is 12.4. The van der Waals surface area contributed by atoms with Gasteiger partial charge < -0.3 is 10.4 Å². The first-order valence-electron chi connectivity index (χ1n) is 7.24. The van der Waals surface area contributed by atoms with Crippen molar-refractivity contribution in [1.82, 2.24) is 15.1 Å². The van der Waals surface area contributed by atoms with Crippen LogP contribution in [0.25, 0.3) is 0 Å². The fourth-order valence-corrected chi connectivity index (χ4v) is 3.37. The summed E-state index contributed by atoms with van der Waals surface area (Å²) in [5.74, 6) is 0.276. The van der Waals surface area contributed by atoms with Gasteiger partial charge in [-0.3, -0.25) is 9.48 Å². The second-order valence-electron chi connectivity index (χ2n) is 5.81. The Kier molecular flexibility index (Phi) is 4.23. The number of fused-ring (bicyclic) bond motifs is 2. The molecule has 1 amide bonds. The van der Waals surface area contributed by atoms with Crippen molar-refractivity contribution in [2.24, 2.45) is 11.8 Å². The minimum Gasteiger partial charge on any atom is -0.390 e. The maximum atomic E-state index is 12.4. The summed E-state index contributed by atoms with van der Waals surface area (Å²) in [4.78, 5) is 12.4. The fraction of sp³-hybridized carbons (Fsp3) is 0.625. The summed E-state index contributed by atoms with van der Waals surface area (Å²) in [6.45, 7) is 6.64. The van der Waals surface area contributed by atoms with E-state index in [2.05, 4.69) is 22.6 Å². The summed E-state index contributed by atoms with van der Waals surface area (Å²) < 4.78 is 1.83. The van der Waals surface area contributed by atoms with Crippen LogP contribution >= 0.6 is 0 Å². The van der Waals surface area contributed by atoms with Gasteiger partial charge in [0.05, 0.1) is 12.1 Å². The average molecular weight is 291 g/mol. The summed E-state index contributed by atoms with van der Waals surface area (Å²) >= 11 is 0. The van der Waals surface area contributed by atoms with Crippen molar-refractivity contribution < 1.29 is 9.90 Å². The van der Waals surface area contributed by atoms with Gasteiger partial charge in [-0.05, 0) is 27.2 Å². The molecule has 116 valence electrons. The SMILES string of the molecule is C.CCn1nc(C(=O)NC2C3C=CC(C3)C2O)c(C)c1C. The third-order valence-electron chi connectivity index (χ3n) is 4.74. The molecule has 0 aromatic carbocycles. The molecule has 2 aliphatic rings. The van der Waals surface area contributed by atoms with Crippen molar-refractivity contribution >= 4 is 5.91 Å². The number of carbonyl (C=O) groups is 1. The molecular formula is C16H25N3O2. The Morgan fingerprint density at radius 3 is 2.62 bits per heavy atom. The van der Waals surface area contributed by atoms with Crippen molar-refractivity contribution in [1.29, 1.82) is 0 Å². The normalized spacial score (nSPS) is 29.5. The maximum Gasteiger partial charge on any atom is 0.272 e. The molecule has 0 radical (unpaired) electrons. The molecule has 2 aliphatic carbocycles. The van der Waals surface area contributed by atoms with E-state index in [-0.39, 0.29) is 31.2 Å². The number of aliphatic hydroxyl groups is 1. The standard InChI is InChI=1S/C15H21N3O2.CH4/c1-4-18-9(3)8(2)12(17-18)15(20)16-13-10-5-6-11(7-10)14(13)19;/h5-6,10-11,13-14,19H,4,7H2,1-3H3,(H,16,20);1H4. The van der Waals surface area contributed by atoms with Crippen molar-refractivity contribution in [3.8, 4) is 0 Å². The third kappa shape index (κ3) is 2.39. The van der Waals surface area contributed by atoms with Crippen LogP contribution in [0.15, 0.2) is 12.2 Å². The summed E-state index contributed by atoms with van der Waals surface area (Å²) in [6.07, 6.45) is 4.63. The predicted octanol–water partition coefficient (Wildman–Crippen LogP) is 1.82. The molecule has 2 bridgehead atoms. The van der Waals surface area contributed by atoms with E-state index in [0.29, 0.717) is 5.69 Å². The smallest absolute Gasteiger partial charge is 0.272 e. The Morgan fingerprint density at radius 2 is 2.10 bits per heavy atom. The molecule has 2 N–H and O–H groups in total. The number of nitrogens with one attached hydrogen (secondary N) is 1. The van der Waals surface area contributed by atoms with E-state index in [1.807, 2.05) is 25.5 Å². The molecule has 4 unspecified atom stereocenters. The number of hydrogen-bond acceptors (Lipinski definition) is 3. The molecule has 5 heteroatoms. The largest absolute Gasteiger partial charge is 0.390 e. The molecule has 4 atom stereocenters. The van der Waals surface area contributed by atoms with Crippen LogP contribution in [0, 0.1) is 25.7 Å². The summed E-state index contributed by atoms with van der Waals surface area (Å²) in [5.41, 5.74) is 2.41. The van der Waals surface area contributed by atoms with Crippen LogP contribution in [0.5, 0.6) is 0 Å². The van der Waals surface area contributed by atoms with Gasteiger partial charge in [0.15, 0.2) is 5.69 Å². The summed E-state index contributed by atoms with van der Waals surface area (Å²) in [5, 5.41) is 17.5. The van der Waals surface area contributed by atoms with Crippen molar-refractivity contribution in [3.63, 3.8) is 0 Å². The second-order valence-corrected chi connectivity index (χ2v) is 5.81. The Labute approximate surface area is 126 Å². The lowest BCUT2D eigenvalue weighted by molar-refractivity contribution is 0.0804. The molecule has 5 nitrogen and oxygen atoms in total. The lowest BCUT2D eigenvalue weighted by Crippen LogP contribution is -2.46. The van der Waals surface area contributed by atoms with Crippen LogP contribution in [0.2, 0.25) is 0 Å². The quantitative estimate of drug-likeness (QED) is 0.835. The topological polar surface area (TPSA) is 67.2 Å². The molecule has 0 aliphatic heterocycles. The minimum absolute atomic E-state index is 0. The first-order valence-corrected chi connectivity index (χ1v) is 7.24. The number of amides is 1. The highest BCUT2D eigenvalue weighted by atomic mass is 16.3. The molecule has 21 heavy (non-hydrogen) atoms. The average Bonchev–Trinajstić information content (AvgIpc) is 3.09. The van der Waals surface area contributed by atoms with Crippen LogP contribution in [-0.4, -0.2) is 32.9 Å². The number of rotatable bonds is 3. The Morgan fingerprint density at radius 1 is 1.43 bits per heavy atom. The first kappa shape index (κ1) is 15.8. The van der Waals surface area contributed by atoms with Gasteiger partial charge in [0, 0.05) is 29.6 Å². The number of aromatic nitrogens is 2. The highest BCUT2D eigenvalue weighted by Gasteiger charge is 2.44. The van der Waals surface area contributed by atoms with Crippen LogP contribution in [0.4, 0.5) is 0 Å². The lowest BCUT2D eigenvalue weighted by atomic mass is 9.98. The second kappa shape index (κ2) is 5.64.